The van der Waals surface area contributed by atoms with E-state index in [2.05, 4.69) is 20.6 Å². The molecule has 1 aromatic heterocycles. The molecule has 2 amide bonds. The fraction of sp³-hybridized carbons (Fsp3) is 0.0455. The lowest BCUT2D eigenvalue weighted by Crippen LogP contribution is -2.20. The quantitative estimate of drug-likeness (QED) is 0.293. The number of nitrogens with zero attached hydrogens (tertiary/aromatic N) is 2. The number of para-hydroxylation sites is 1. The number of halogens is 4. The molecule has 0 aliphatic heterocycles. The molecule has 5 nitrogen and oxygen atoms in total. The number of urea groups is 1. The maximum absolute atomic E-state index is 12.8. The van der Waals surface area contributed by atoms with Crippen molar-refractivity contribution in [2.45, 2.75) is 6.18 Å². The van der Waals surface area contributed by atoms with Crippen LogP contribution in [0.15, 0.2) is 73.1 Å². The molecule has 31 heavy (non-hydrogen) atoms. The SMILES string of the molecule is O=C(Nc1cccc(-c2ncnc3ccccc23)c1)Nc1ccc(C(F)(F)F)cc1I. The zero-order valence-electron chi connectivity index (χ0n) is 15.7. The summed E-state index contributed by atoms with van der Waals surface area (Å²) in [4.78, 5) is 21.0. The normalized spacial score (nSPS) is 11.4. The van der Waals surface area contributed by atoms with Crippen LogP contribution >= 0.6 is 22.6 Å². The Kier molecular flexibility index (Phi) is 5.77. The van der Waals surface area contributed by atoms with E-state index in [1.807, 2.05) is 30.3 Å². The molecule has 0 atom stereocenters. The van der Waals surface area contributed by atoms with Crippen molar-refractivity contribution in [1.82, 2.24) is 9.97 Å². The first kappa shape index (κ1) is 21.0. The number of aromatic nitrogens is 2. The van der Waals surface area contributed by atoms with Gasteiger partial charge in [-0.3, -0.25) is 0 Å². The third-order valence-corrected chi connectivity index (χ3v) is 5.37. The van der Waals surface area contributed by atoms with Gasteiger partial charge in [-0.2, -0.15) is 13.2 Å². The highest BCUT2D eigenvalue weighted by Crippen LogP contribution is 2.32. The summed E-state index contributed by atoms with van der Waals surface area (Å²) < 4.78 is 38.7. The van der Waals surface area contributed by atoms with Crippen molar-refractivity contribution < 1.29 is 18.0 Å². The van der Waals surface area contributed by atoms with Gasteiger partial charge in [0.25, 0.3) is 0 Å². The van der Waals surface area contributed by atoms with E-state index in [0.29, 0.717) is 5.69 Å². The van der Waals surface area contributed by atoms with E-state index in [4.69, 9.17) is 0 Å². The van der Waals surface area contributed by atoms with E-state index in [0.717, 1.165) is 34.3 Å². The van der Waals surface area contributed by atoms with Gasteiger partial charge in [-0.15, -0.1) is 0 Å². The number of carbonyl (C=O) groups is 1. The number of amides is 2. The summed E-state index contributed by atoms with van der Waals surface area (Å²) in [5.41, 5.74) is 2.35. The number of nitrogens with one attached hydrogen (secondary N) is 2. The van der Waals surface area contributed by atoms with Crippen molar-refractivity contribution >= 4 is 50.9 Å². The molecule has 0 unspecified atom stereocenters. The Bertz CT molecular complexity index is 1270. The van der Waals surface area contributed by atoms with E-state index in [1.165, 1.54) is 12.4 Å². The molecule has 9 heteroatoms. The summed E-state index contributed by atoms with van der Waals surface area (Å²) in [5, 5.41) is 6.16. The van der Waals surface area contributed by atoms with Crippen LogP contribution in [0.5, 0.6) is 0 Å². The number of hydrogen-bond donors (Lipinski definition) is 2. The summed E-state index contributed by atoms with van der Waals surface area (Å²) >= 11 is 1.75. The van der Waals surface area contributed by atoms with Crippen molar-refractivity contribution in [1.29, 1.82) is 0 Å². The van der Waals surface area contributed by atoms with Gasteiger partial charge in [-0.05, 0) is 59.0 Å². The minimum absolute atomic E-state index is 0.281. The average molecular weight is 534 g/mol. The summed E-state index contributed by atoms with van der Waals surface area (Å²) in [6.45, 7) is 0. The maximum atomic E-state index is 12.8. The molecule has 4 rings (SSSR count). The van der Waals surface area contributed by atoms with Crippen LogP contribution in [0.2, 0.25) is 0 Å². The molecule has 4 aromatic rings. The Hall–Kier alpha value is -3.21. The Morgan fingerprint density at radius 2 is 1.71 bits per heavy atom. The van der Waals surface area contributed by atoms with Crippen LogP contribution in [0.4, 0.5) is 29.3 Å². The highest BCUT2D eigenvalue weighted by molar-refractivity contribution is 14.1. The third kappa shape index (κ3) is 4.76. The zero-order valence-corrected chi connectivity index (χ0v) is 17.9. The summed E-state index contributed by atoms with van der Waals surface area (Å²) in [6, 6.07) is 17.3. The van der Waals surface area contributed by atoms with Crippen LogP contribution in [0.1, 0.15) is 5.56 Å². The van der Waals surface area contributed by atoms with Gasteiger partial charge < -0.3 is 10.6 Å². The van der Waals surface area contributed by atoms with Gasteiger partial charge in [-0.1, -0.05) is 30.3 Å². The van der Waals surface area contributed by atoms with Crippen molar-refractivity contribution in [3.63, 3.8) is 0 Å². The number of alkyl halides is 3. The number of carbonyl (C=O) groups excluding carboxylic acids is 1. The van der Waals surface area contributed by atoms with Gasteiger partial charge in [0, 0.05) is 20.2 Å². The molecule has 0 saturated carbocycles. The maximum Gasteiger partial charge on any atom is 0.416 e. The topological polar surface area (TPSA) is 66.9 Å². The molecule has 0 saturated heterocycles. The van der Waals surface area contributed by atoms with Gasteiger partial charge >= 0.3 is 12.2 Å². The molecule has 0 spiro atoms. The molecular formula is C22H14F3IN4O. The van der Waals surface area contributed by atoms with Gasteiger partial charge in [-0.25, -0.2) is 14.8 Å². The molecule has 0 aliphatic carbocycles. The predicted molar refractivity (Wildman–Crippen MR) is 122 cm³/mol. The van der Waals surface area contributed by atoms with Gasteiger partial charge in [0.1, 0.15) is 6.33 Å². The smallest absolute Gasteiger partial charge is 0.308 e. The van der Waals surface area contributed by atoms with Crippen molar-refractivity contribution in [2.75, 3.05) is 10.6 Å². The van der Waals surface area contributed by atoms with Gasteiger partial charge in [0.2, 0.25) is 0 Å². The minimum atomic E-state index is -4.44. The number of hydrogen-bond acceptors (Lipinski definition) is 3. The van der Waals surface area contributed by atoms with Gasteiger partial charge in [0.05, 0.1) is 22.5 Å². The largest absolute Gasteiger partial charge is 0.416 e. The van der Waals surface area contributed by atoms with Crippen LogP contribution in [-0.2, 0) is 6.18 Å². The highest BCUT2D eigenvalue weighted by atomic mass is 127. The molecular weight excluding hydrogens is 520 g/mol. The highest BCUT2D eigenvalue weighted by Gasteiger charge is 2.30. The molecule has 2 N–H and O–H groups in total. The molecule has 156 valence electrons. The lowest BCUT2D eigenvalue weighted by molar-refractivity contribution is -0.137. The van der Waals surface area contributed by atoms with Crippen LogP contribution in [0.25, 0.3) is 22.2 Å². The molecule has 0 radical (unpaired) electrons. The molecule has 0 fully saturated rings. The van der Waals surface area contributed by atoms with Crippen molar-refractivity contribution in [3.05, 3.63) is 82.2 Å². The van der Waals surface area contributed by atoms with Crippen LogP contribution in [0.3, 0.4) is 0 Å². The molecule has 3 aromatic carbocycles. The standard InChI is InChI=1S/C22H14F3IN4O/c23-22(24,25)14-8-9-19(17(26)11-14)30-21(31)29-15-5-3-4-13(10-15)20-16-6-1-2-7-18(16)27-12-28-20/h1-12H,(H2,29,30,31). The van der Waals surface area contributed by atoms with Crippen molar-refractivity contribution in [2.24, 2.45) is 0 Å². The first-order valence-corrected chi connectivity index (χ1v) is 10.1. The van der Waals surface area contributed by atoms with E-state index in [-0.39, 0.29) is 9.26 Å². The Labute approximate surface area is 188 Å². The third-order valence-electron chi connectivity index (χ3n) is 4.48. The van der Waals surface area contributed by atoms with E-state index in [1.54, 1.807) is 40.8 Å². The number of benzene rings is 3. The molecule has 1 heterocycles. The van der Waals surface area contributed by atoms with E-state index in [9.17, 15) is 18.0 Å². The second-order valence-corrected chi connectivity index (χ2v) is 7.75. The Morgan fingerprint density at radius 1 is 0.903 bits per heavy atom. The molecule has 0 aliphatic rings. The number of fused-ring (bicyclic) bond motifs is 1. The van der Waals surface area contributed by atoms with Crippen LogP contribution in [0, 0.1) is 3.57 Å². The Morgan fingerprint density at radius 3 is 2.48 bits per heavy atom. The summed E-state index contributed by atoms with van der Waals surface area (Å²) in [5.74, 6) is 0. The summed E-state index contributed by atoms with van der Waals surface area (Å²) in [7, 11) is 0. The first-order chi connectivity index (χ1) is 14.8. The van der Waals surface area contributed by atoms with Crippen LogP contribution < -0.4 is 10.6 Å². The second-order valence-electron chi connectivity index (χ2n) is 6.59. The first-order valence-electron chi connectivity index (χ1n) is 9.06. The van der Waals surface area contributed by atoms with Gasteiger partial charge in [0.15, 0.2) is 0 Å². The Balaban J connectivity index is 1.54. The zero-order chi connectivity index (χ0) is 22.0. The van der Waals surface area contributed by atoms with Crippen molar-refractivity contribution in [3.8, 4) is 11.3 Å². The summed E-state index contributed by atoms with van der Waals surface area (Å²) in [6.07, 6.45) is -2.96. The lowest BCUT2D eigenvalue weighted by Gasteiger charge is -2.12. The monoisotopic (exact) mass is 534 g/mol. The number of anilines is 2. The lowest BCUT2D eigenvalue weighted by atomic mass is 10.1. The second kappa shape index (κ2) is 8.50. The fourth-order valence-corrected chi connectivity index (χ4v) is 3.71. The predicted octanol–water partition coefficient (Wildman–Crippen LogP) is 6.56. The van der Waals surface area contributed by atoms with E-state index >= 15 is 0 Å². The fourth-order valence-electron chi connectivity index (χ4n) is 3.06. The minimum Gasteiger partial charge on any atom is -0.308 e. The number of rotatable bonds is 3. The van der Waals surface area contributed by atoms with E-state index < -0.39 is 17.8 Å². The molecule has 0 bridgehead atoms. The van der Waals surface area contributed by atoms with Crippen LogP contribution in [-0.4, -0.2) is 16.0 Å². The average Bonchev–Trinajstić information content (AvgIpc) is 2.74.